The molecule has 6 nitrogen and oxygen atoms in total. The summed E-state index contributed by atoms with van der Waals surface area (Å²) in [4.78, 5) is 38.8. The normalized spacial score (nSPS) is 18.0. The Bertz CT molecular complexity index is 864. The van der Waals surface area contributed by atoms with Crippen LogP contribution in [0.5, 0.6) is 0 Å². The summed E-state index contributed by atoms with van der Waals surface area (Å²) in [7, 11) is 1.61. The van der Waals surface area contributed by atoms with Gasteiger partial charge in [-0.05, 0) is 56.2 Å². The van der Waals surface area contributed by atoms with Crippen molar-refractivity contribution in [3.05, 3.63) is 34.9 Å². The van der Waals surface area contributed by atoms with E-state index in [0.29, 0.717) is 18.4 Å². The van der Waals surface area contributed by atoms with Crippen molar-refractivity contribution in [3.8, 4) is 6.07 Å². The Hall–Kier alpha value is -2.68. The number of likely N-dealkylation sites (N-methyl/N-ethyl adjacent to an activating group) is 1. The van der Waals surface area contributed by atoms with Crippen LogP contribution in [0.1, 0.15) is 79.8 Å². The summed E-state index contributed by atoms with van der Waals surface area (Å²) in [6.45, 7) is 1.52. The first-order valence-electron chi connectivity index (χ1n) is 10.9. The lowest BCUT2D eigenvalue weighted by Gasteiger charge is -2.39. The predicted molar refractivity (Wildman–Crippen MR) is 112 cm³/mol. The van der Waals surface area contributed by atoms with Crippen molar-refractivity contribution in [2.75, 3.05) is 7.05 Å². The first-order chi connectivity index (χ1) is 14.4. The second-order valence-electron chi connectivity index (χ2n) is 8.49. The van der Waals surface area contributed by atoms with Gasteiger partial charge >= 0.3 is 5.97 Å². The van der Waals surface area contributed by atoms with E-state index in [0.717, 1.165) is 38.5 Å². The molecule has 3 rings (SSSR count). The molecule has 0 N–H and O–H groups in total. The number of aryl methyl sites for hydroxylation is 2. The monoisotopic (exact) mass is 410 g/mol. The molecule has 0 spiro atoms. The van der Waals surface area contributed by atoms with Crippen LogP contribution in [0.25, 0.3) is 0 Å². The fourth-order valence-corrected chi connectivity index (χ4v) is 4.55. The molecule has 1 fully saturated rings. The number of fused-ring (bicyclic) bond motifs is 1. The maximum atomic E-state index is 12.7. The number of carbonyl (C=O) groups excluding carboxylic acids is 3. The standard InChI is InChI=1S/C24H30N2O4/c1-17(23(29)26(2)24(16-25)13-4-3-5-14-24)30-22(28)12-11-21(27)20-10-9-18-7-6-8-19(18)15-20/h9-10,15,17H,3-8,11-14H2,1-2H3/t17-/m0/s1. The number of carbonyl (C=O) groups is 3. The van der Waals surface area contributed by atoms with E-state index in [1.54, 1.807) is 7.05 Å². The van der Waals surface area contributed by atoms with Crippen molar-refractivity contribution in [1.82, 2.24) is 4.90 Å². The van der Waals surface area contributed by atoms with Crippen LogP contribution in [-0.4, -0.2) is 41.3 Å². The van der Waals surface area contributed by atoms with Gasteiger partial charge in [0.1, 0.15) is 5.54 Å². The third-order valence-electron chi connectivity index (χ3n) is 6.49. The molecule has 0 unspecified atom stereocenters. The second-order valence-corrected chi connectivity index (χ2v) is 8.49. The number of rotatable bonds is 7. The van der Waals surface area contributed by atoms with Crippen LogP contribution < -0.4 is 0 Å². The van der Waals surface area contributed by atoms with E-state index in [1.807, 2.05) is 18.2 Å². The molecule has 1 saturated carbocycles. The fraction of sp³-hybridized carbons (Fsp3) is 0.583. The molecule has 0 heterocycles. The third kappa shape index (κ3) is 4.72. The van der Waals surface area contributed by atoms with Gasteiger partial charge in [-0.25, -0.2) is 0 Å². The summed E-state index contributed by atoms with van der Waals surface area (Å²) in [5.74, 6) is -1.05. The Kier molecular flexibility index (Phi) is 6.91. The van der Waals surface area contributed by atoms with E-state index >= 15 is 0 Å². The molecule has 0 saturated heterocycles. The summed E-state index contributed by atoms with van der Waals surface area (Å²) in [6, 6.07) is 8.06. The van der Waals surface area contributed by atoms with Crippen LogP contribution in [0.2, 0.25) is 0 Å². The van der Waals surface area contributed by atoms with Gasteiger partial charge in [0.05, 0.1) is 12.5 Å². The highest BCUT2D eigenvalue weighted by molar-refractivity contribution is 5.98. The first kappa shape index (κ1) is 22.0. The number of hydrogen-bond donors (Lipinski definition) is 0. The van der Waals surface area contributed by atoms with Crippen LogP contribution in [0.3, 0.4) is 0 Å². The molecule has 0 aliphatic heterocycles. The molecule has 2 aliphatic carbocycles. The lowest BCUT2D eigenvalue weighted by atomic mass is 9.81. The molecule has 0 aromatic heterocycles. The number of Topliss-reactive ketones (excluding diaryl/α,β-unsaturated/α-hetero) is 1. The maximum Gasteiger partial charge on any atom is 0.307 e. The molecule has 160 valence electrons. The van der Waals surface area contributed by atoms with Gasteiger partial charge in [-0.1, -0.05) is 31.4 Å². The topological polar surface area (TPSA) is 87.5 Å². The van der Waals surface area contributed by atoms with Gasteiger partial charge in [0.25, 0.3) is 5.91 Å². The smallest absolute Gasteiger partial charge is 0.307 e. The highest BCUT2D eigenvalue weighted by Gasteiger charge is 2.40. The van der Waals surface area contributed by atoms with E-state index in [4.69, 9.17) is 4.74 Å². The van der Waals surface area contributed by atoms with E-state index in [9.17, 15) is 19.6 Å². The Morgan fingerprint density at radius 3 is 2.50 bits per heavy atom. The molecule has 1 aromatic carbocycles. The van der Waals surface area contributed by atoms with Crippen molar-refractivity contribution in [3.63, 3.8) is 0 Å². The van der Waals surface area contributed by atoms with Crippen LogP contribution >= 0.6 is 0 Å². The quantitative estimate of drug-likeness (QED) is 0.505. The SMILES string of the molecule is C[C@H](OC(=O)CCC(=O)c1ccc2c(c1)CCC2)C(=O)N(C)C1(C#N)CCCCC1. The van der Waals surface area contributed by atoms with Gasteiger partial charge in [0, 0.05) is 19.0 Å². The number of amides is 1. The van der Waals surface area contributed by atoms with Crippen molar-refractivity contribution in [2.24, 2.45) is 0 Å². The first-order valence-corrected chi connectivity index (χ1v) is 10.9. The molecule has 1 atom stereocenters. The van der Waals surface area contributed by atoms with Gasteiger partial charge in [-0.15, -0.1) is 0 Å². The van der Waals surface area contributed by atoms with E-state index in [2.05, 4.69) is 6.07 Å². The zero-order valence-electron chi connectivity index (χ0n) is 17.9. The lowest BCUT2D eigenvalue weighted by Crippen LogP contribution is -2.53. The molecule has 2 aliphatic rings. The summed E-state index contributed by atoms with van der Waals surface area (Å²) < 4.78 is 5.28. The van der Waals surface area contributed by atoms with Crippen molar-refractivity contribution in [2.45, 2.75) is 82.8 Å². The molecule has 30 heavy (non-hydrogen) atoms. The summed E-state index contributed by atoms with van der Waals surface area (Å²) in [6.07, 6.45) is 6.33. The summed E-state index contributed by atoms with van der Waals surface area (Å²) in [5, 5.41) is 9.65. The van der Waals surface area contributed by atoms with E-state index in [1.165, 1.54) is 23.0 Å². The molecular weight excluding hydrogens is 380 g/mol. The summed E-state index contributed by atoms with van der Waals surface area (Å²) in [5.41, 5.74) is 2.33. The summed E-state index contributed by atoms with van der Waals surface area (Å²) >= 11 is 0. The molecule has 1 aromatic rings. The van der Waals surface area contributed by atoms with Crippen LogP contribution in [-0.2, 0) is 27.2 Å². The van der Waals surface area contributed by atoms with Crippen LogP contribution in [0, 0.1) is 11.3 Å². The zero-order valence-corrected chi connectivity index (χ0v) is 17.9. The van der Waals surface area contributed by atoms with Gasteiger partial charge in [-0.3, -0.25) is 14.4 Å². The van der Waals surface area contributed by atoms with Crippen molar-refractivity contribution in [1.29, 1.82) is 5.26 Å². The molecule has 6 heteroatoms. The third-order valence-corrected chi connectivity index (χ3v) is 6.49. The largest absolute Gasteiger partial charge is 0.453 e. The van der Waals surface area contributed by atoms with Crippen molar-refractivity contribution < 1.29 is 19.1 Å². The minimum Gasteiger partial charge on any atom is -0.453 e. The molecule has 0 bridgehead atoms. The van der Waals surface area contributed by atoms with Crippen LogP contribution in [0.4, 0.5) is 0 Å². The number of hydrogen-bond acceptors (Lipinski definition) is 5. The lowest BCUT2D eigenvalue weighted by molar-refractivity contribution is -0.160. The number of esters is 1. The Labute approximate surface area is 178 Å². The number of benzene rings is 1. The van der Waals surface area contributed by atoms with E-state index in [-0.39, 0.29) is 24.5 Å². The Morgan fingerprint density at radius 2 is 1.80 bits per heavy atom. The van der Waals surface area contributed by atoms with Crippen LogP contribution in [0.15, 0.2) is 18.2 Å². The van der Waals surface area contributed by atoms with Gasteiger partial charge in [0.2, 0.25) is 0 Å². The average Bonchev–Trinajstić information content (AvgIpc) is 3.24. The minimum atomic E-state index is -0.982. The number of nitriles is 1. The predicted octanol–water partition coefficient (Wildman–Crippen LogP) is 3.75. The van der Waals surface area contributed by atoms with Gasteiger partial charge in [0.15, 0.2) is 11.9 Å². The highest BCUT2D eigenvalue weighted by Crippen LogP contribution is 2.33. The van der Waals surface area contributed by atoms with Gasteiger partial charge in [-0.2, -0.15) is 5.26 Å². The number of nitrogens with zero attached hydrogens (tertiary/aromatic N) is 2. The minimum absolute atomic E-state index is 0.0521. The molecule has 1 amide bonds. The number of ether oxygens (including phenoxy) is 1. The fourth-order valence-electron chi connectivity index (χ4n) is 4.55. The second kappa shape index (κ2) is 9.42. The zero-order chi connectivity index (χ0) is 21.7. The molecular formula is C24H30N2O4. The maximum absolute atomic E-state index is 12.7. The van der Waals surface area contributed by atoms with E-state index < -0.39 is 17.6 Å². The number of ketones is 1. The molecule has 0 radical (unpaired) electrons. The van der Waals surface area contributed by atoms with Crippen molar-refractivity contribution >= 4 is 17.7 Å². The Morgan fingerprint density at radius 1 is 1.10 bits per heavy atom. The van der Waals surface area contributed by atoms with Gasteiger partial charge < -0.3 is 9.64 Å². The highest BCUT2D eigenvalue weighted by atomic mass is 16.5. The average molecular weight is 411 g/mol. The Balaban J connectivity index is 1.51.